The second-order valence-corrected chi connectivity index (χ2v) is 9.74. The summed E-state index contributed by atoms with van der Waals surface area (Å²) in [5.74, 6) is 0. The molecule has 1 rings (SSSR count). The first-order valence-electron chi connectivity index (χ1n) is 14.3. The maximum Gasteiger partial charge on any atom is 0.0810 e. The normalized spacial score (nSPS) is 12.5. The van der Waals surface area contributed by atoms with Gasteiger partial charge in [-0.25, -0.2) is 0 Å². The van der Waals surface area contributed by atoms with E-state index in [4.69, 9.17) is 4.74 Å². The molecule has 0 heterocycles. The van der Waals surface area contributed by atoms with Gasteiger partial charge in [0.25, 0.3) is 0 Å². The maximum absolute atomic E-state index is 9.53. The van der Waals surface area contributed by atoms with Crippen molar-refractivity contribution in [3.63, 3.8) is 0 Å². The Kier molecular flexibility index (Phi) is 21.8. The average molecular weight is 459 g/mol. The number of aliphatic hydroxyl groups is 1. The monoisotopic (exact) mass is 458 g/mol. The third-order valence-corrected chi connectivity index (χ3v) is 6.57. The Labute approximate surface area is 206 Å². The van der Waals surface area contributed by atoms with Crippen LogP contribution in [-0.4, -0.2) is 17.8 Å². The van der Waals surface area contributed by atoms with Gasteiger partial charge in [-0.05, 0) is 37.7 Å². The minimum absolute atomic E-state index is 0.0180. The zero-order chi connectivity index (χ0) is 23.7. The number of aliphatic hydroxyl groups excluding tert-OH is 1. The zero-order valence-corrected chi connectivity index (χ0v) is 21.8. The number of hydrogen-bond donors (Lipinski definition) is 1. The number of unbranched alkanes of at least 4 members (excludes halogenated alkanes) is 16. The lowest BCUT2D eigenvalue weighted by molar-refractivity contribution is -0.00348. The van der Waals surface area contributed by atoms with Gasteiger partial charge in [-0.15, -0.1) is 0 Å². The molecule has 2 nitrogen and oxygen atoms in total. The molecule has 0 aliphatic carbocycles. The molecule has 33 heavy (non-hydrogen) atoms. The fourth-order valence-corrected chi connectivity index (χ4v) is 4.34. The molecule has 0 spiro atoms. The van der Waals surface area contributed by atoms with E-state index in [1.165, 1.54) is 115 Å². The van der Waals surface area contributed by atoms with Crippen molar-refractivity contribution in [1.82, 2.24) is 0 Å². The molecule has 0 unspecified atom stereocenters. The molecule has 0 aliphatic heterocycles. The van der Waals surface area contributed by atoms with Gasteiger partial charge >= 0.3 is 0 Å². The Hall–Kier alpha value is -1.12. The number of ether oxygens (including phenoxy) is 1. The first-order valence-corrected chi connectivity index (χ1v) is 14.3. The molecular formula is C31H54O2. The second-order valence-electron chi connectivity index (χ2n) is 9.74. The summed E-state index contributed by atoms with van der Waals surface area (Å²) in [6.45, 7) is 3.01. The summed E-state index contributed by atoms with van der Waals surface area (Å²) in [7, 11) is 0. The molecule has 1 aromatic carbocycles. The van der Waals surface area contributed by atoms with Crippen LogP contribution in [0.15, 0.2) is 42.5 Å². The Morgan fingerprint density at radius 3 is 1.67 bits per heavy atom. The Balaban J connectivity index is 1.79. The molecular weight excluding hydrogens is 404 g/mol. The summed E-state index contributed by atoms with van der Waals surface area (Å²) < 4.78 is 5.86. The second kappa shape index (κ2) is 24.0. The molecule has 0 fully saturated rings. The van der Waals surface area contributed by atoms with Gasteiger partial charge in [0.05, 0.1) is 19.3 Å². The van der Waals surface area contributed by atoms with Crippen LogP contribution in [-0.2, 0) is 11.3 Å². The molecule has 0 saturated carbocycles. The highest BCUT2D eigenvalue weighted by Crippen LogP contribution is 2.14. The van der Waals surface area contributed by atoms with Gasteiger partial charge in [0, 0.05) is 0 Å². The maximum atomic E-state index is 9.53. The van der Waals surface area contributed by atoms with E-state index in [9.17, 15) is 5.11 Å². The van der Waals surface area contributed by atoms with Crippen molar-refractivity contribution < 1.29 is 9.84 Å². The summed E-state index contributed by atoms with van der Waals surface area (Å²) in [5.41, 5.74) is 1.18. The van der Waals surface area contributed by atoms with Crippen molar-refractivity contribution in [2.24, 2.45) is 0 Å². The molecule has 190 valence electrons. The van der Waals surface area contributed by atoms with Crippen molar-refractivity contribution in [3.05, 3.63) is 48.0 Å². The molecule has 1 atom stereocenters. The topological polar surface area (TPSA) is 29.5 Å². The van der Waals surface area contributed by atoms with Crippen LogP contribution in [0.25, 0.3) is 0 Å². The first kappa shape index (κ1) is 29.9. The first-order chi connectivity index (χ1) is 16.4. The van der Waals surface area contributed by atoms with Crippen LogP contribution in [0.2, 0.25) is 0 Å². The highest BCUT2D eigenvalue weighted by Gasteiger charge is 2.07. The molecule has 0 aromatic heterocycles. The Morgan fingerprint density at radius 2 is 1.15 bits per heavy atom. The lowest BCUT2D eigenvalue weighted by atomic mass is 10.0. The van der Waals surface area contributed by atoms with Crippen LogP contribution in [0, 0.1) is 0 Å². The molecule has 1 aromatic rings. The van der Waals surface area contributed by atoms with Gasteiger partial charge in [0.2, 0.25) is 0 Å². The standard InChI is InChI=1S/C31H54O2/c1-2-3-4-5-6-7-8-9-10-11-12-13-14-15-16-17-18-19-20-24-27-31(28-32)33-29-30-25-22-21-23-26-30/h9-10,21-23,25-26,31-32H,2-8,11-20,24,27-29H2,1H3/b10-9-/t31-/m1/s1. The van der Waals surface area contributed by atoms with E-state index in [1.54, 1.807) is 0 Å². The summed E-state index contributed by atoms with van der Waals surface area (Å²) in [5, 5.41) is 9.53. The predicted octanol–water partition coefficient (Wildman–Crippen LogP) is 9.55. The largest absolute Gasteiger partial charge is 0.394 e. The van der Waals surface area contributed by atoms with Crippen molar-refractivity contribution in [2.75, 3.05) is 6.61 Å². The number of benzene rings is 1. The van der Waals surface area contributed by atoms with E-state index >= 15 is 0 Å². The van der Waals surface area contributed by atoms with E-state index in [2.05, 4.69) is 31.2 Å². The van der Waals surface area contributed by atoms with Crippen molar-refractivity contribution in [3.8, 4) is 0 Å². The molecule has 2 heteroatoms. The lowest BCUT2D eigenvalue weighted by Crippen LogP contribution is -2.17. The van der Waals surface area contributed by atoms with Crippen LogP contribution in [0.4, 0.5) is 0 Å². The fourth-order valence-electron chi connectivity index (χ4n) is 4.34. The summed E-state index contributed by atoms with van der Waals surface area (Å²) in [4.78, 5) is 0. The highest BCUT2D eigenvalue weighted by atomic mass is 16.5. The molecule has 0 aliphatic rings. The highest BCUT2D eigenvalue weighted by molar-refractivity contribution is 5.13. The van der Waals surface area contributed by atoms with E-state index in [-0.39, 0.29) is 12.7 Å². The van der Waals surface area contributed by atoms with Crippen LogP contribution in [0.5, 0.6) is 0 Å². The molecule has 0 saturated heterocycles. The van der Waals surface area contributed by atoms with Crippen LogP contribution in [0.3, 0.4) is 0 Å². The van der Waals surface area contributed by atoms with Gasteiger partial charge in [0.15, 0.2) is 0 Å². The molecule has 0 amide bonds. The van der Waals surface area contributed by atoms with Crippen molar-refractivity contribution in [2.45, 2.75) is 142 Å². The van der Waals surface area contributed by atoms with Crippen LogP contribution >= 0.6 is 0 Å². The van der Waals surface area contributed by atoms with E-state index in [0.29, 0.717) is 6.61 Å². The van der Waals surface area contributed by atoms with E-state index in [0.717, 1.165) is 12.8 Å². The molecule has 0 radical (unpaired) electrons. The summed E-state index contributed by atoms with van der Waals surface area (Å²) in [6, 6.07) is 10.2. The Morgan fingerprint density at radius 1 is 0.667 bits per heavy atom. The average Bonchev–Trinajstić information content (AvgIpc) is 2.85. The number of rotatable bonds is 24. The van der Waals surface area contributed by atoms with Gasteiger partial charge in [-0.3, -0.25) is 0 Å². The predicted molar refractivity (Wildman–Crippen MR) is 145 cm³/mol. The third-order valence-electron chi connectivity index (χ3n) is 6.57. The van der Waals surface area contributed by atoms with Crippen LogP contribution in [0.1, 0.15) is 134 Å². The smallest absolute Gasteiger partial charge is 0.0810 e. The van der Waals surface area contributed by atoms with Crippen molar-refractivity contribution in [1.29, 1.82) is 0 Å². The molecule has 1 N–H and O–H groups in total. The van der Waals surface area contributed by atoms with Gasteiger partial charge < -0.3 is 9.84 Å². The van der Waals surface area contributed by atoms with E-state index in [1.807, 2.05) is 18.2 Å². The Bertz CT molecular complexity index is 525. The van der Waals surface area contributed by atoms with Gasteiger partial charge in [-0.2, -0.15) is 0 Å². The van der Waals surface area contributed by atoms with Gasteiger partial charge in [0.1, 0.15) is 0 Å². The third kappa shape index (κ3) is 20.0. The fraction of sp³-hybridized carbons (Fsp3) is 0.742. The lowest BCUT2D eigenvalue weighted by Gasteiger charge is -2.15. The SMILES string of the molecule is CCCCCCCC/C=C\CCCCCCCCCCCC[C@H](CO)OCc1ccccc1. The zero-order valence-electron chi connectivity index (χ0n) is 21.8. The quantitative estimate of drug-likeness (QED) is 0.123. The summed E-state index contributed by atoms with van der Waals surface area (Å²) in [6.07, 6.45) is 30.2. The minimum atomic E-state index is -0.0180. The van der Waals surface area contributed by atoms with Crippen molar-refractivity contribution >= 4 is 0 Å². The van der Waals surface area contributed by atoms with E-state index < -0.39 is 0 Å². The minimum Gasteiger partial charge on any atom is -0.394 e. The summed E-state index contributed by atoms with van der Waals surface area (Å²) >= 11 is 0. The number of hydrogen-bond acceptors (Lipinski definition) is 2. The van der Waals surface area contributed by atoms with Crippen LogP contribution < -0.4 is 0 Å². The van der Waals surface area contributed by atoms with Gasteiger partial charge in [-0.1, -0.05) is 139 Å². The number of allylic oxidation sites excluding steroid dienone is 2. The molecule has 0 bridgehead atoms.